The van der Waals surface area contributed by atoms with Gasteiger partial charge in [0.2, 0.25) is 5.75 Å². The van der Waals surface area contributed by atoms with Crippen LogP contribution in [0.2, 0.25) is 0 Å². The van der Waals surface area contributed by atoms with Crippen LogP contribution in [0.1, 0.15) is 24.1 Å². The number of methoxy groups -OCH3 is 4. The number of hydrogen-bond acceptors (Lipinski definition) is 8. The second-order valence-corrected chi connectivity index (χ2v) is 7.21. The predicted molar refractivity (Wildman–Crippen MR) is 107 cm³/mol. The van der Waals surface area contributed by atoms with Gasteiger partial charge in [0.15, 0.2) is 16.7 Å². The lowest BCUT2D eigenvalue weighted by atomic mass is 9.92. The van der Waals surface area contributed by atoms with Gasteiger partial charge in [-0.1, -0.05) is 11.8 Å². The third-order valence-electron chi connectivity index (χ3n) is 4.65. The zero-order valence-corrected chi connectivity index (χ0v) is 17.4. The van der Waals surface area contributed by atoms with Crippen LogP contribution in [0.25, 0.3) is 11.3 Å². The van der Waals surface area contributed by atoms with E-state index in [9.17, 15) is 4.79 Å². The van der Waals surface area contributed by atoms with Gasteiger partial charge in [0.25, 0.3) is 0 Å². The number of carbonyl (C=O) groups excluding carboxylic acids is 1. The maximum atomic E-state index is 11.5. The lowest BCUT2D eigenvalue weighted by Gasteiger charge is -2.20. The van der Waals surface area contributed by atoms with Crippen molar-refractivity contribution >= 4 is 17.7 Å². The third-order valence-corrected chi connectivity index (χ3v) is 5.47. The van der Waals surface area contributed by atoms with Crippen molar-refractivity contribution in [3.8, 4) is 28.5 Å². The number of carbonyl (C=O) groups is 1. The Kier molecular flexibility index (Phi) is 6.61. The van der Waals surface area contributed by atoms with E-state index in [2.05, 4.69) is 4.98 Å². The molecule has 0 spiro atoms. The molecule has 0 saturated heterocycles. The Morgan fingerprint density at radius 3 is 2.29 bits per heavy atom. The molecule has 0 saturated carbocycles. The molecule has 3 rings (SSSR count). The van der Waals surface area contributed by atoms with Crippen LogP contribution in [0, 0.1) is 0 Å². The first-order valence-electron chi connectivity index (χ1n) is 9.01. The molecular weight excluding hydrogens is 380 g/mol. The molecule has 1 aliphatic rings. The molecule has 1 aromatic carbocycles. The summed E-state index contributed by atoms with van der Waals surface area (Å²) in [6.07, 6.45) is 4.02. The maximum Gasteiger partial charge on any atom is 0.316 e. The summed E-state index contributed by atoms with van der Waals surface area (Å²) in [5.74, 6) is 1.55. The SMILES string of the molecule is COC(=O)CSc1nc2c(c(-c3cc(OC)c(OC)c(OC)c3)n1)CCCC2. The number of fused-ring (bicyclic) bond motifs is 1. The van der Waals surface area contributed by atoms with Crippen LogP contribution in [-0.2, 0) is 22.4 Å². The normalized spacial score (nSPS) is 12.9. The molecule has 150 valence electrons. The van der Waals surface area contributed by atoms with Gasteiger partial charge < -0.3 is 18.9 Å². The summed E-state index contributed by atoms with van der Waals surface area (Å²) in [5.41, 5.74) is 3.89. The van der Waals surface area contributed by atoms with Crippen molar-refractivity contribution in [2.24, 2.45) is 0 Å². The topological polar surface area (TPSA) is 79.8 Å². The van der Waals surface area contributed by atoms with Crippen molar-refractivity contribution in [1.29, 1.82) is 0 Å². The molecule has 0 N–H and O–H groups in total. The number of nitrogens with zero attached hydrogens (tertiary/aromatic N) is 2. The molecule has 0 aliphatic heterocycles. The van der Waals surface area contributed by atoms with E-state index < -0.39 is 0 Å². The highest BCUT2D eigenvalue weighted by molar-refractivity contribution is 7.99. The largest absolute Gasteiger partial charge is 0.493 e. The summed E-state index contributed by atoms with van der Waals surface area (Å²) in [5, 5.41) is 0.565. The van der Waals surface area contributed by atoms with Crippen molar-refractivity contribution in [2.75, 3.05) is 34.2 Å². The zero-order valence-electron chi connectivity index (χ0n) is 16.5. The minimum Gasteiger partial charge on any atom is -0.493 e. The van der Waals surface area contributed by atoms with Crippen molar-refractivity contribution in [3.63, 3.8) is 0 Å². The van der Waals surface area contributed by atoms with Gasteiger partial charge in [-0.3, -0.25) is 4.79 Å². The van der Waals surface area contributed by atoms with Gasteiger partial charge in [0, 0.05) is 16.8 Å². The second-order valence-electron chi connectivity index (χ2n) is 6.27. The molecular formula is C20H24N2O5S. The van der Waals surface area contributed by atoms with Crippen LogP contribution >= 0.6 is 11.8 Å². The second kappa shape index (κ2) is 9.14. The third kappa shape index (κ3) is 4.16. The van der Waals surface area contributed by atoms with E-state index >= 15 is 0 Å². The maximum absolute atomic E-state index is 11.5. The monoisotopic (exact) mass is 404 g/mol. The predicted octanol–water partition coefficient (Wildman–Crippen LogP) is 3.31. The molecule has 7 nitrogen and oxygen atoms in total. The Hall–Kier alpha value is -2.48. The summed E-state index contributed by atoms with van der Waals surface area (Å²) in [6.45, 7) is 0. The van der Waals surface area contributed by atoms with Gasteiger partial charge in [-0.05, 0) is 37.8 Å². The summed E-state index contributed by atoms with van der Waals surface area (Å²) in [4.78, 5) is 21.0. The minimum atomic E-state index is -0.305. The number of ether oxygens (including phenoxy) is 4. The molecule has 0 fully saturated rings. The van der Waals surface area contributed by atoms with Gasteiger partial charge in [-0.15, -0.1) is 0 Å². The first-order chi connectivity index (χ1) is 13.6. The first-order valence-corrected chi connectivity index (χ1v) is 9.99. The van der Waals surface area contributed by atoms with Crippen LogP contribution in [0.5, 0.6) is 17.2 Å². The Balaban J connectivity index is 2.10. The molecule has 28 heavy (non-hydrogen) atoms. The summed E-state index contributed by atoms with van der Waals surface area (Å²) in [7, 11) is 6.13. The molecule has 0 bridgehead atoms. The molecule has 0 unspecified atom stereocenters. The van der Waals surface area contributed by atoms with E-state index in [0.29, 0.717) is 22.4 Å². The average molecular weight is 404 g/mol. The van der Waals surface area contributed by atoms with Crippen LogP contribution in [-0.4, -0.2) is 50.1 Å². The molecule has 0 amide bonds. The standard InChI is InChI=1S/C20H24N2O5S/c1-24-15-9-12(10-16(25-2)19(15)27-4)18-13-7-5-6-8-14(13)21-20(22-18)28-11-17(23)26-3/h9-10H,5-8,11H2,1-4H3. The molecule has 1 aliphatic carbocycles. The van der Waals surface area contributed by atoms with Crippen LogP contribution in [0.4, 0.5) is 0 Å². The molecule has 0 radical (unpaired) electrons. The van der Waals surface area contributed by atoms with Crippen molar-refractivity contribution in [1.82, 2.24) is 9.97 Å². The number of rotatable bonds is 7. The van der Waals surface area contributed by atoms with E-state index in [1.807, 2.05) is 12.1 Å². The summed E-state index contributed by atoms with van der Waals surface area (Å²) in [6, 6.07) is 3.79. The van der Waals surface area contributed by atoms with Crippen LogP contribution < -0.4 is 14.2 Å². The average Bonchev–Trinajstić information content (AvgIpc) is 2.75. The van der Waals surface area contributed by atoms with Crippen molar-refractivity contribution < 1.29 is 23.7 Å². The molecule has 1 aromatic heterocycles. The van der Waals surface area contributed by atoms with Gasteiger partial charge in [0.1, 0.15) is 0 Å². The molecule has 8 heteroatoms. The summed E-state index contributed by atoms with van der Waals surface area (Å²) >= 11 is 1.28. The highest BCUT2D eigenvalue weighted by atomic mass is 32.2. The van der Waals surface area contributed by atoms with Crippen molar-refractivity contribution in [2.45, 2.75) is 30.8 Å². The number of aryl methyl sites for hydroxylation is 1. The van der Waals surface area contributed by atoms with Gasteiger partial charge in [0.05, 0.1) is 39.9 Å². The lowest BCUT2D eigenvalue weighted by Crippen LogP contribution is -2.11. The smallest absolute Gasteiger partial charge is 0.316 e. The fourth-order valence-electron chi connectivity index (χ4n) is 3.27. The van der Waals surface area contributed by atoms with E-state index in [4.69, 9.17) is 23.9 Å². The Morgan fingerprint density at radius 1 is 1.00 bits per heavy atom. The van der Waals surface area contributed by atoms with Crippen molar-refractivity contribution in [3.05, 3.63) is 23.4 Å². The summed E-state index contributed by atoms with van der Waals surface area (Å²) < 4.78 is 21.1. The molecule has 0 atom stereocenters. The highest BCUT2D eigenvalue weighted by Crippen LogP contribution is 2.42. The number of thioether (sulfide) groups is 1. The van der Waals surface area contributed by atoms with Crippen LogP contribution in [0.3, 0.4) is 0 Å². The van der Waals surface area contributed by atoms with E-state index in [-0.39, 0.29) is 11.7 Å². The number of hydrogen-bond donors (Lipinski definition) is 0. The molecule has 2 aromatic rings. The van der Waals surface area contributed by atoms with Gasteiger partial charge in [-0.2, -0.15) is 0 Å². The highest BCUT2D eigenvalue weighted by Gasteiger charge is 2.22. The number of benzene rings is 1. The number of esters is 1. The minimum absolute atomic E-state index is 0.171. The zero-order chi connectivity index (χ0) is 20.1. The molecule has 1 heterocycles. The lowest BCUT2D eigenvalue weighted by molar-refractivity contribution is -0.137. The van der Waals surface area contributed by atoms with E-state index in [0.717, 1.165) is 48.2 Å². The number of aromatic nitrogens is 2. The fourth-order valence-corrected chi connectivity index (χ4v) is 3.97. The Morgan fingerprint density at radius 2 is 1.68 bits per heavy atom. The van der Waals surface area contributed by atoms with Gasteiger partial charge >= 0.3 is 5.97 Å². The van der Waals surface area contributed by atoms with Gasteiger partial charge in [-0.25, -0.2) is 9.97 Å². The van der Waals surface area contributed by atoms with E-state index in [1.54, 1.807) is 21.3 Å². The Labute approximate surface area is 168 Å². The fraction of sp³-hybridized carbons (Fsp3) is 0.450. The quantitative estimate of drug-likeness (QED) is 0.395. The van der Waals surface area contributed by atoms with E-state index in [1.165, 1.54) is 18.9 Å². The Bertz CT molecular complexity index is 847. The van der Waals surface area contributed by atoms with Crippen LogP contribution in [0.15, 0.2) is 17.3 Å². The first kappa shape index (κ1) is 20.3.